The summed E-state index contributed by atoms with van der Waals surface area (Å²) in [5, 5.41) is 80.5. The zero-order valence-corrected chi connectivity index (χ0v) is 64.6. The van der Waals surface area contributed by atoms with Gasteiger partial charge in [0, 0.05) is 118 Å². The number of carboxylic acids is 6. The van der Waals surface area contributed by atoms with Crippen molar-refractivity contribution in [2.45, 2.75) is 159 Å². The van der Waals surface area contributed by atoms with Crippen LogP contribution in [-0.4, -0.2) is 220 Å². The summed E-state index contributed by atoms with van der Waals surface area (Å²) >= 11 is 0. The zero-order chi connectivity index (χ0) is 86.6. The Balaban J connectivity index is 0.000000335. The number of H-pyrrole nitrogens is 3. The summed E-state index contributed by atoms with van der Waals surface area (Å²) in [7, 11) is 0. The standard InChI is InChI=1S/C46H56N14O14.C29H39N7O9/c47-45-55-37-35(41(69)57-45)59(27(21-51-37)19-49-25-11-7-23(8-12-25)39(67)53-29(43(71)72)15-17-33(63)64)31(61)5-3-1-2-4-6-32(62)60-28(22-52-38-36(60)42(70)58-46(48)56-38)20-50-26-13-9-24(10-14-26)40(68)54-30(44(73)74)16-18-34(65)66;1-2-45-23(40)8-6-4-3-5-7-21(37)36-19(16-32-25-24(36)27(42)35-29(30)34-25)15-31-18-11-9-17(10-12-18)26(41)33-20(28(43)44)13-14-22(38)39/h7-14,27-30,49-50H,1-6,15-22H2,(H,53,67)(H,54,68)(H,63,64)(H,65,66)(H,71,72)(H,73,74)(H4,47,51,55,57,69)(H4,48,52,56,58,70);9-12,19-20,31H,2-8,13-16H2,1H3,(H,33,41)(H,38,39)(H,43,44)(H4,30,32,34,35,42). The van der Waals surface area contributed by atoms with Crippen LogP contribution in [0.4, 0.5) is 69.4 Å². The van der Waals surface area contributed by atoms with Crippen molar-refractivity contribution in [1.82, 2.24) is 45.9 Å². The van der Waals surface area contributed by atoms with Crippen LogP contribution in [0.1, 0.15) is 154 Å². The van der Waals surface area contributed by atoms with E-state index in [0.717, 1.165) is 12.8 Å². The number of unbranched alkanes of at least 4 members (excludes halogenated alkanes) is 6. The molecule has 0 radical (unpaired) electrons. The number of amides is 6. The lowest BCUT2D eigenvalue weighted by molar-refractivity contribution is -0.144. The van der Waals surface area contributed by atoms with Crippen LogP contribution >= 0.6 is 0 Å². The molecule has 0 fully saturated rings. The topological polar surface area (TPSA) is 686 Å². The molecule has 9 rings (SSSR count). The monoisotopic (exact) mass is 1660 g/mol. The number of carbonyl (C=O) groups is 13. The summed E-state index contributed by atoms with van der Waals surface area (Å²) < 4.78 is 4.93. The molecule has 6 unspecified atom stereocenters. The number of hydrogen-bond donors (Lipinski definition) is 21. The number of anilines is 12. The summed E-state index contributed by atoms with van der Waals surface area (Å²) in [5.74, 6) is -11.0. The molecule has 3 aliphatic heterocycles. The van der Waals surface area contributed by atoms with E-state index in [1.807, 2.05) is 0 Å². The maximum Gasteiger partial charge on any atom is 0.326 e. The lowest BCUT2D eigenvalue weighted by Crippen LogP contribution is -2.53. The SMILES string of the molecule is CCOC(=O)CCCCCCC(=O)N1c2c(nc(N)[nH]c2=O)NCC1CNc1ccc(C(=O)NC(CCC(=O)O)C(=O)O)cc1.Nc1nc2c(c(=O)[nH]1)N(C(=O)CCCCCCC(=O)N1c3c(nc(N)[nH]c3=O)NCC1CNc1ccc(C(=O)NC(CCC(=O)O)C(=O)O)cc1)C(CNc1ccc(C(=O)NC(CCC(=O)O)C(=O)O)cc1)CN2. The molecule has 0 spiro atoms. The normalized spacial score (nSPS) is 15.0. The van der Waals surface area contributed by atoms with Gasteiger partial charge >= 0.3 is 41.8 Å². The summed E-state index contributed by atoms with van der Waals surface area (Å²) in [4.78, 5) is 221. The first kappa shape index (κ1) is 90.2. The number of esters is 1. The van der Waals surface area contributed by atoms with Crippen molar-refractivity contribution in [3.8, 4) is 0 Å². The van der Waals surface area contributed by atoms with E-state index in [2.05, 4.69) is 77.8 Å². The van der Waals surface area contributed by atoms with Crippen LogP contribution in [0.3, 0.4) is 0 Å². The molecule has 6 aromatic rings. The summed E-state index contributed by atoms with van der Waals surface area (Å²) in [6, 6.07) is 12.3. The number of rotatable bonds is 42. The number of fused-ring (bicyclic) bond motifs is 3. The van der Waals surface area contributed by atoms with Gasteiger partial charge in [0.05, 0.1) is 24.7 Å². The second-order valence-electron chi connectivity index (χ2n) is 27.7. The Bertz CT molecular complexity index is 4680. The van der Waals surface area contributed by atoms with Crippen LogP contribution in [0.25, 0.3) is 0 Å². The largest absolute Gasteiger partial charge is 0.481 e. The molecule has 3 aliphatic rings. The van der Waals surface area contributed by atoms with Gasteiger partial charge in [-0.2, -0.15) is 15.0 Å². The number of aliphatic carboxylic acids is 6. The number of carbonyl (C=O) groups excluding carboxylic acids is 7. The molecular weight excluding hydrogens is 1560 g/mol. The molecule has 0 saturated heterocycles. The van der Waals surface area contributed by atoms with Crippen molar-refractivity contribution in [2.75, 3.05) is 110 Å². The van der Waals surface area contributed by atoms with E-state index in [1.165, 1.54) is 51.1 Å². The van der Waals surface area contributed by atoms with Gasteiger partial charge < -0.3 is 100 Å². The van der Waals surface area contributed by atoms with E-state index < -0.39 is 126 Å². The molecular formula is C75H95N21O23. The van der Waals surface area contributed by atoms with Crippen LogP contribution in [0.2, 0.25) is 0 Å². The third-order valence-electron chi connectivity index (χ3n) is 19.1. The molecule has 3 aromatic carbocycles. The Kier molecular flexibility index (Phi) is 32.9. The highest BCUT2D eigenvalue weighted by Crippen LogP contribution is 2.32. The number of nitrogens with zero attached hydrogens (tertiary/aromatic N) is 6. The molecule has 119 heavy (non-hydrogen) atoms. The highest BCUT2D eigenvalue weighted by atomic mass is 16.5. The predicted molar refractivity (Wildman–Crippen MR) is 431 cm³/mol. The third kappa shape index (κ3) is 26.3. The van der Waals surface area contributed by atoms with E-state index in [4.69, 9.17) is 37.3 Å². The fourth-order valence-electron chi connectivity index (χ4n) is 13.1. The lowest BCUT2D eigenvalue weighted by Gasteiger charge is -2.37. The van der Waals surface area contributed by atoms with E-state index >= 15 is 0 Å². The highest BCUT2D eigenvalue weighted by Gasteiger charge is 2.38. The van der Waals surface area contributed by atoms with E-state index in [-0.39, 0.29) is 171 Å². The number of aromatic nitrogens is 6. The van der Waals surface area contributed by atoms with Gasteiger partial charge in [0.25, 0.3) is 34.4 Å². The van der Waals surface area contributed by atoms with Crippen molar-refractivity contribution in [2.24, 2.45) is 0 Å². The Hall–Kier alpha value is -14.4. The van der Waals surface area contributed by atoms with Gasteiger partial charge in [0.2, 0.25) is 35.6 Å². The number of aromatic amines is 3. The average molecular weight is 1660 g/mol. The van der Waals surface area contributed by atoms with Crippen molar-refractivity contribution < 1.29 is 97.7 Å². The Morgan fingerprint density at radius 3 is 0.908 bits per heavy atom. The van der Waals surface area contributed by atoms with Crippen LogP contribution in [0, 0.1) is 0 Å². The molecule has 638 valence electrons. The molecule has 44 heteroatoms. The van der Waals surface area contributed by atoms with Crippen LogP contribution in [-0.2, 0) is 52.7 Å². The van der Waals surface area contributed by atoms with Gasteiger partial charge in [0.15, 0.2) is 34.5 Å². The molecule has 44 nitrogen and oxygen atoms in total. The molecule has 3 aromatic heterocycles. The summed E-state index contributed by atoms with van der Waals surface area (Å²) in [6.45, 7) is 3.19. The van der Waals surface area contributed by atoms with Crippen LogP contribution < -0.4 is 96.4 Å². The minimum Gasteiger partial charge on any atom is -0.481 e. The van der Waals surface area contributed by atoms with Gasteiger partial charge in [-0.3, -0.25) is 92.0 Å². The second-order valence-corrected chi connectivity index (χ2v) is 27.7. The minimum atomic E-state index is -1.41. The number of carboxylic acid groups (broad SMARTS) is 6. The first-order valence-corrected chi connectivity index (χ1v) is 38.1. The van der Waals surface area contributed by atoms with Crippen molar-refractivity contribution in [1.29, 1.82) is 0 Å². The quantitative estimate of drug-likeness (QED) is 0.0193. The van der Waals surface area contributed by atoms with Crippen LogP contribution in [0.5, 0.6) is 0 Å². The maximum atomic E-state index is 14.0. The summed E-state index contributed by atoms with van der Waals surface area (Å²) in [5.41, 5.74) is 17.5. The van der Waals surface area contributed by atoms with E-state index in [9.17, 15) is 92.0 Å². The van der Waals surface area contributed by atoms with Crippen LogP contribution in [0.15, 0.2) is 87.2 Å². The molecule has 0 saturated carbocycles. The molecule has 0 aliphatic carbocycles. The smallest absolute Gasteiger partial charge is 0.326 e. The van der Waals surface area contributed by atoms with Gasteiger partial charge in [0.1, 0.15) is 18.1 Å². The molecule has 6 amide bonds. The Morgan fingerprint density at radius 2 is 0.664 bits per heavy atom. The molecule has 6 heterocycles. The lowest BCUT2D eigenvalue weighted by atomic mass is 10.1. The molecule has 0 bridgehead atoms. The van der Waals surface area contributed by atoms with Gasteiger partial charge in [-0.15, -0.1) is 0 Å². The highest BCUT2D eigenvalue weighted by molar-refractivity contribution is 6.02. The maximum absolute atomic E-state index is 14.0. The van der Waals surface area contributed by atoms with Crippen molar-refractivity contribution in [3.05, 3.63) is 121 Å². The van der Waals surface area contributed by atoms with Crippen molar-refractivity contribution >= 4 is 147 Å². The number of nitrogens with one attached hydrogen (secondary N) is 12. The number of hydrogen-bond acceptors (Lipinski definition) is 29. The first-order chi connectivity index (χ1) is 56.8. The Labute approximate surface area is 676 Å². The second kappa shape index (κ2) is 43.4. The first-order valence-electron chi connectivity index (χ1n) is 38.1. The van der Waals surface area contributed by atoms with E-state index in [0.29, 0.717) is 68.6 Å². The fourth-order valence-corrected chi connectivity index (χ4v) is 13.1. The zero-order valence-electron chi connectivity index (χ0n) is 64.6. The number of benzene rings is 3. The van der Waals surface area contributed by atoms with E-state index in [1.54, 1.807) is 43.3 Å². The third-order valence-corrected chi connectivity index (χ3v) is 19.1. The summed E-state index contributed by atoms with van der Waals surface area (Å²) in [6.07, 6.45) is 2.82. The van der Waals surface area contributed by atoms with Gasteiger partial charge in [-0.1, -0.05) is 25.7 Å². The number of nitrogens with two attached hydrogens (primary N) is 3. The minimum absolute atomic E-state index is 0.0178. The number of ether oxygens (including phenoxy) is 1. The molecule has 24 N–H and O–H groups in total. The average Bonchev–Trinajstić information content (AvgIpc) is 0.783. The fraction of sp³-hybridized carbons (Fsp3) is 0.427. The Morgan fingerprint density at radius 1 is 0.403 bits per heavy atom. The van der Waals surface area contributed by atoms with Gasteiger partial charge in [-0.05, 0) is 125 Å². The molecule has 6 atom stereocenters. The number of nitrogen functional groups attached to an aromatic ring is 3. The van der Waals surface area contributed by atoms with Crippen molar-refractivity contribution in [3.63, 3.8) is 0 Å². The van der Waals surface area contributed by atoms with Gasteiger partial charge in [-0.25, -0.2) is 14.4 Å². The predicted octanol–water partition coefficient (Wildman–Crippen LogP) is 2.18.